The number of carbonyl (C=O) groups excluding carboxylic acids is 1. The highest BCUT2D eigenvalue weighted by atomic mass is 32.2. The van der Waals surface area contributed by atoms with E-state index >= 15 is 0 Å². The standard InChI is InChI=1S/C18H21N3O4S/c22-16(19-12-6-5-11(9-12)18(24)25)7-8-26-10-15-20-14-4-2-1-3-13(14)17(23)21-15/h1-4,11-12H,5-10H2,(H,19,22)(H,24,25)(H,20,21,23)/t11-,12+/m0/s1. The highest BCUT2D eigenvalue weighted by Gasteiger charge is 2.30. The molecule has 0 saturated heterocycles. The van der Waals surface area contributed by atoms with Crippen LogP contribution in [0.1, 0.15) is 31.5 Å². The molecule has 1 aromatic heterocycles. The van der Waals surface area contributed by atoms with Crippen LogP contribution in [-0.4, -0.2) is 38.7 Å². The van der Waals surface area contributed by atoms with Gasteiger partial charge in [0.05, 0.1) is 22.6 Å². The molecule has 1 saturated carbocycles. The Hall–Kier alpha value is -2.35. The van der Waals surface area contributed by atoms with E-state index in [1.807, 2.05) is 6.07 Å². The molecule has 0 spiro atoms. The lowest BCUT2D eigenvalue weighted by Crippen LogP contribution is -2.33. The van der Waals surface area contributed by atoms with Gasteiger partial charge in [0.2, 0.25) is 5.91 Å². The molecule has 1 aromatic carbocycles. The topological polar surface area (TPSA) is 112 Å². The van der Waals surface area contributed by atoms with Crippen LogP contribution in [0.25, 0.3) is 10.9 Å². The quantitative estimate of drug-likeness (QED) is 0.638. The molecule has 138 valence electrons. The third-order valence-electron chi connectivity index (χ3n) is 4.52. The molecule has 2 aromatic rings. The van der Waals surface area contributed by atoms with Crippen molar-refractivity contribution < 1.29 is 14.7 Å². The van der Waals surface area contributed by atoms with Gasteiger partial charge in [0, 0.05) is 18.2 Å². The van der Waals surface area contributed by atoms with Gasteiger partial charge in [0.15, 0.2) is 0 Å². The van der Waals surface area contributed by atoms with Gasteiger partial charge in [-0.15, -0.1) is 0 Å². The van der Waals surface area contributed by atoms with Crippen molar-refractivity contribution in [1.82, 2.24) is 15.3 Å². The molecule has 8 heteroatoms. The highest BCUT2D eigenvalue weighted by molar-refractivity contribution is 7.98. The van der Waals surface area contributed by atoms with Crippen molar-refractivity contribution in [2.75, 3.05) is 5.75 Å². The highest BCUT2D eigenvalue weighted by Crippen LogP contribution is 2.25. The van der Waals surface area contributed by atoms with Crippen molar-refractivity contribution in [2.45, 2.75) is 37.5 Å². The van der Waals surface area contributed by atoms with E-state index in [0.717, 1.165) is 6.42 Å². The summed E-state index contributed by atoms with van der Waals surface area (Å²) in [6, 6.07) is 7.15. The Morgan fingerprint density at radius 1 is 1.31 bits per heavy atom. The number of carboxylic acids is 1. The third-order valence-corrected chi connectivity index (χ3v) is 5.49. The van der Waals surface area contributed by atoms with Crippen molar-refractivity contribution in [2.24, 2.45) is 5.92 Å². The monoisotopic (exact) mass is 375 g/mol. The molecule has 0 bridgehead atoms. The van der Waals surface area contributed by atoms with Crippen LogP contribution < -0.4 is 10.9 Å². The van der Waals surface area contributed by atoms with E-state index in [1.165, 1.54) is 11.8 Å². The average Bonchev–Trinajstić information content (AvgIpc) is 3.07. The summed E-state index contributed by atoms with van der Waals surface area (Å²) < 4.78 is 0. The SMILES string of the molecule is O=C(CCSCc1nc2ccccc2c(=O)[nH]1)N[C@@H]1CC[C@H](C(=O)O)C1. The number of aliphatic carboxylic acids is 1. The molecule has 1 amide bonds. The Morgan fingerprint density at radius 3 is 2.88 bits per heavy atom. The second kappa shape index (κ2) is 8.35. The van der Waals surface area contributed by atoms with Gasteiger partial charge in [0.1, 0.15) is 5.82 Å². The first-order valence-corrected chi connectivity index (χ1v) is 9.76. The van der Waals surface area contributed by atoms with Crippen LogP contribution in [0.3, 0.4) is 0 Å². The summed E-state index contributed by atoms with van der Waals surface area (Å²) in [5.74, 6) is 0.544. The Kier molecular flexibility index (Phi) is 5.92. The number of hydrogen-bond donors (Lipinski definition) is 3. The van der Waals surface area contributed by atoms with Gasteiger partial charge in [-0.05, 0) is 31.4 Å². The molecule has 7 nitrogen and oxygen atoms in total. The fraction of sp³-hybridized carbons (Fsp3) is 0.444. The van der Waals surface area contributed by atoms with Crippen molar-refractivity contribution in [3.05, 3.63) is 40.4 Å². The molecule has 1 aliphatic rings. The molecule has 3 N–H and O–H groups in total. The van der Waals surface area contributed by atoms with Gasteiger partial charge in [0.25, 0.3) is 5.56 Å². The maximum absolute atomic E-state index is 12.0. The van der Waals surface area contributed by atoms with E-state index in [-0.39, 0.29) is 23.4 Å². The first kappa shape index (κ1) is 18.4. The van der Waals surface area contributed by atoms with E-state index in [2.05, 4.69) is 15.3 Å². The summed E-state index contributed by atoms with van der Waals surface area (Å²) in [6.07, 6.45) is 2.21. The fourth-order valence-corrected chi connectivity index (χ4v) is 3.98. The lowest BCUT2D eigenvalue weighted by Gasteiger charge is -2.12. The number of H-pyrrole nitrogens is 1. The normalized spacial score (nSPS) is 19.5. The number of aromatic amines is 1. The number of rotatable bonds is 7. The van der Waals surface area contributed by atoms with Crippen molar-refractivity contribution >= 4 is 34.5 Å². The molecule has 1 aliphatic carbocycles. The first-order valence-electron chi connectivity index (χ1n) is 8.61. The van der Waals surface area contributed by atoms with E-state index in [4.69, 9.17) is 5.11 Å². The van der Waals surface area contributed by atoms with E-state index in [9.17, 15) is 14.4 Å². The van der Waals surface area contributed by atoms with Gasteiger partial charge in [-0.3, -0.25) is 14.4 Å². The molecule has 26 heavy (non-hydrogen) atoms. The second-order valence-electron chi connectivity index (χ2n) is 6.45. The Balaban J connectivity index is 1.42. The zero-order valence-corrected chi connectivity index (χ0v) is 15.1. The Labute approximate surface area is 154 Å². The number of nitrogens with one attached hydrogen (secondary N) is 2. The van der Waals surface area contributed by atoms with Gasteiger partial charge < -0.3 is 15.4 Å². The van der Waals surface area contributed by atoms with Crippen LogP contribution in [0.4, 0.5) is 0 Å². The van der Waals surface area contributed by atoms with Crippen molar-refractivity contribution in [3.63, 3.8) is 0 Å². The lowest BCUT2D eigenvalue weighted by atomic mass is 10.1. The molecule has 0 radical (unpaired) electrons. The fourth-order valence-electron chi connectivity index (χ4n) is 3.17. The van der Waals surface area contributed by atoms with E-state index in [0.29, 0.717) is 47.5 Å². The number of benzene rings is 1. The van der Waals surface area contributed by atoms with Crippen LogP contribution in [0.15, 0.2) is 29.1 Å². The summed E-state index contributed by atoms with van der Waals surface area (Å²) in [5.41, 5.74) is 0.511. The number of carbonyl (C=O) groups is 2. The number of para-hydroxylation sites is 1. The number of amides is 1. The van der Waals surface area contributed by atoms with Crippen LogP contribution in [-0.2, 0) is 15.3 Å². The first-order chi connectivity index (χ1) is 12.5. The third kappa shape index (κ3) is 4.63. The van der Waals surface area contributed by atoms with Gasteiger partial charge in [-0.1, -0.05) is 12.1 Å². The van der Waals surface area contributed by atoms with Gasteiger partial charge in [-0.25, -0.2) is 4.98 Å². The number of nitrogens with zero attached hydrogens (tertiary/aromatic N) is 1. The molecule has 2 atom stereocenters. The smallest absolute Gasteiger partial charge is 0.306 e. The zero-order chi connectivity index (χ0) is 18.5. The summed E-state index contributed by atoms with van der Waals surface area (Å²) >= 11 is 1.53. The Morgan fingerprint density at radius 2 is 2.12 bits per heavy atom. The Bertz CT molecular complexity index is 867. The minimum Gasteiger partial charge on any atom is -0.481 e. The molecule has 1 fully saturated rings. The number of thioether (sulfide) groups is 1. The second-order valence-corrected chi connectivity index (χ2v) is 7.55. The number of hydrogen-bond acceptors (Lipinski definition) is 5. The minimum absolute atomic E-state index is 0.0351. The number of aromatic nitrogens is 2. The van der Waals surface area contributed by atoms with Gasteiger partial charge >= 0.3 is 5.97 Å². The summed E-state index contributed by atoms with van der Waals surface area (Å²) in [5, 5.41) is 12.5. The van der Waals surface area contributed by atoms with Crippen LogP contribution in [0, 0.1) is 5.92 Å². The largest absolute Gasteiger partial charge is 0.481 e. The lowest BCUT2D eigenvalue weighted by molar-refractivity contribution is -0.141. The molecule has 1 heterocycles. The predicted octanol–water partition coefficient (Wildman–Crippen LogP) is 1.92. The van der Waals surface area contributed by atoms with Crippen LogP contribution >= 0.6 is 11.8 Å². The maximum atomic E-state index is 12.0. The van der Waals surface area contributed by atoms with Crippen molar-refractivity contribution in [1.29, 1.82) is 0 Å². The van der Waals surface area contributed by atoms with E-state index < -0.39 is 5.97 Å². The van der Waals surface area contributed by atoms with Crippen LogP contribution in [0.5, 0.6) is 0 Å². The van der Waals surface area contributed by atoms with E-state index in [1.54, 1.807) is 18.2 Å². The molecular weight excluding hydrogens is 354 g/mol. The number of fused-ring (bicyclic) bond motifs is 1. The zero-order valence-electron chi connectivity index (χ0n) is 14.2. The molecular formula is C18H21N3O4S. The summed E-state index contributed by atoms with van der Waals surface area (Å²) in [4.78, 5) is 42.1. The van der Waals surface area contributed by atoms with Crippen molar-refractivity contribution in [3.8, 4) is 0 Å². The average molecular weight is 375 g/mol. The number of carboxylic acid groups (broad SMARTS) is 1. The predicted molar refractivity (Wildman–Crippen MR) is 100 cm³/mol. The minimum atomic E-state index is -0.783. The molecule has 0 aliphatic heterocycles. The molecule has 3 rings (SSSR count). The summed E-state index contributed by atoms with van der Waals surface area (Å²) in [6.45, 7) is 0. The van der Waals surface area contributed by atoms with Gasteiger partial charge in [-0.2, -0.15) is 11.8 Å². The maximum Gasteiger partial charge on any atom is 0.306 e. The van der Waals surface area contributed by atoms with Crippen LogP contribution in [0.2, 0.25) is 0 Å². The molecule has 0 unspecified atom stereocenters. The summed E-state index contributed by atoms with van der Waals surface area (Å²) in [7, 11) is 0.